The first-order valence-electron chi connectivity index (χ1n) is 15.2. The number of imidazole rings is 1. The number of fused-ring (bicyclic) bond motifs is 1. The number of carbonyl (C=O) groups excluding carboxylic acids is 2. The maximum atomic E-state index is 14.5. The molecule has 0 aliphatic carbocycles. The Morgan fingerprint density at radius 1 is 0.957 bits per heavy atom. The molecule has 0 spiro atoms. The molecule has 0 saturated carbocycles. The molecule has 0 aliphatic rings. The second kappa shape index (κ2) is 16.3. The zero-order chi connectivity index (χ0) is 34.0. The highest BCUT2D eigenvalue weighted by molar-refractivity contribution is 7.60. The molecule has 47 heavy (non-hydrogen) atoms. The molecule has 0 amide bonds. The molecule has 3 N–H and O–H groups in total. The van der Waals surface area contributed by atoms with Crippen LogP contribution in [0.2, 0.25) is 0 Å². The van der Waals surface area contributed by atoms with Crippen molar-refractivity contribution in [3.05, 3.63) is 71.3 Å². The van der Waals surface area contributed by atoms with Crippen LogP contribution >= 0.6 is 7.29 Å². The Bertz CT molecular complexity index is 1710. The largest absolute Gasteiger partial charge is 0.516 e. The van der Waals surface area contributed by atoms with Crippen LogP contribution < -0.4 is 20.3 Å². The third kappa shape index (κ3) is 9.98. The minimum Gasteiger partial charge on any atom is -0.462 e. The maximum Gasteiger partial charge on any atom is 0.516 e. The number of nitrogens with zero attached hydrogens (tertiary/aromatic N) is 4. The van der Waals surface area contributed by atoms with Crippen molar-refractivity contribution in [2.75, 3.05) is 32.7 Å². The monoisotopic (exact) mass is 668 g/mol. The zero-order valence-electron chi connectivity index (χ0n) is 27.2. The van der Waals surface area contributed by atoms with E-state index in [1.54, 1.807) is 39.4 Å². The van der Waals surface area contributed by atoms with Gasteiger partial charge >= 0.3 is 24.1 Å². The number of hydrogen-bond acceptors (Lipinski definition) is 12. The molecule has 15 heteroatoms. The van der Waals surface area contributed by atoms with E-state index in [0.717, 1.165) is 16.7 Å². The maximum absolute atomic E-state index is 14.5. The Kier molecular flexibility index (Phi) is 12.3. The highest BCUT2D eigenvalue weighted by atomic mass is 31.2. The molecular formula is C32H41N6O8P. The molecule has 14 nitrogen and oxygen atoms in total. The summed E-state index contributed by atoms with van der Waals surface area (Å²) in [5, 5.41) is 3.10. The predicted molar refractivity (Wildman–Crippen MR) is 176 cm³/mol. The number of rotatable bonds is 16. The standard InChI is InChI=1S/C32H41N6O8P/c1-6-43-32(40)46-31-34-26-27(33)35-30(44-16-15-42-5)36-28(26)38(31)18-24-13-10-14-25(17-24)20-47(41,19-23-11-8-7-9-12-23)37-22(4)29(39)45-21(2)3/h7-14,17,21-22H,6,15-16,18-20H2,1-5H3,(H,37,41)(H2,33,35,36). The van der Waals surface area contributed by atoms with Gasteiger partial charge in [0.05, 0.1) is 25.9 Å². The fourth-order valence-corrected chi connectivity index (χ4v) is 7.47. The van der Waals surface area contributed by atoms with Crippen LogP contribution in [0.5, 0.6) is 12.0 Å². The summed E-state index contributed by atoms with van der Waals surface area (Å²) in [7, 11) is -1.69. The van der Waals surface area contributed by atoms with Crippen molar-refractivity contribution in [1.29, 1.82) is 0 Å². The summed E-state index contributed by atoms with van der Waals surface area (Å²) in [5.74, 6) is -0.448. The SMILES string of the molecule is CCOC(=O)Oc1nc2c(N)nc(OCCOC)nc2n1Cc1cccc(CP(=O)(Cc2ccccc2)NC(C)C(=O)OC(C)C)c1. The summed E-state index contributed by atoms with van der Waals surface area (Å²) in [5.41, 5.74) is 9.05. The van der Waals surface area contributed by atoms with Crippen LogP contribution in [0, 0.1) is 0 Å². The normalized spacial score (nSPS) is 13.2. The number of nitrogens with two attached hydrogens (primary N) is 1. The van der Waals surface area contributed by atoms with E-state index in [4.69, 9.17) is 29.4 Å². The Morgan fingerprint density at radius 3 is 2.36 bits per heavy atom. The van der Waals surface area contributed by atoms with E-state index in [1.807, 2.05) is 54.6 Å². The number of methoxy groups -OCH3 is 1. The number of nitrogen functional groups attached to an aromatic ring is 1. The summed E-state index contributed by atoms with van der Waals surface area (Å²) >= 11 is 0. The summed E-state index contributed by atoms with van der Waals surface area (Å²) in [6, 6.07) is 16.0. The number of aromatic nitrogens is 4. The average Bonchev–Trinajstić information content (AvgIpc) is 3.34. The fourth-order valence-electron chi connectivity index (χ4n) is 4.77. The van der Waals surface area contributed by atoms with E-state index >= 15 is 0 Å². The van der Waals surface area contributed by atoms with Crippen molar-refractivity contribution in [1.82, 2.24) is 24.6 Å². The van der Waals surface area contributed by atoms with Gasteiger partial charge in [-0.05, 0) is 44.4 Å². The average molecular weight is 669 g/mol. The van der Waals surface area contributed by atoms with Crippen molar-refractivity contribution in [3.8, 4) is 12.0 Å². The van der Waals surface area contributed by atoms with E-state index < -0.39 is 25.5 Å². The van der Waals surface area contributed by atoms with Gasteiger partial charge in [-0.15, -0.1) is 0 Å². The molecule has 0 fully saturated rings. The van der Waals surface area contributed by atoms with Gasteiger partial charge in [0.25, 0.3) is 0 Å². The lowest BCUT2D eigenvalue weighted by Gasteiger charge is -2.24. The smallest absolute Gasteiger partial charge is 0.462 e. The molecule has 0 aliphatic heterocycles. The first-order valence-corrected chi connectivity index (χ1v) is 17.3. The van der Waals surface area contributed by atoms with E-state index in [0.29, 0.717) is 6.61 Å². The van der Waals surface area contributed by atoms with E-state index in [1.165, 1.54) is 0 Å². The molecule has 2 aromatic carbocycles. The quantitative estimate of drug-likeness (QED) is 0.0934. The van der Waals surface area contributed by atoms with Gasteiger partial charge in [0.1, 0.15) is 12.6 Å². The van der Waals surface area contributed by atoms with Crippen molar-refractivity contribution < 1.29 is 37.8 Å². The van der Waals surface area contributed by atoms with Crippen LogP contribution in [-0.4, -0.2) is 70.7 Å². The number of carbonyl (C=O) groups is 2. The molecule has 0 saturated heterocycles. The molecule has 2 aromatic heterocycles. The van der Waals surface area contributed by atoms with Crippen molar-refractivity contribution in [2.24, 2.45) is 0 Å². The Hall–Kier alpha value is -4.52. The van der Waals surface area contributed by atoms with Crippen LogP contribution in [0.15, 0.2) is 54.6 Å². The van der Waals surface area contributed by atoms with Gasteiger partial charge in [-0.25, -0.2) is 4.79 Å². The van der Waals surface area contributed by atoms with Crippen LogP contribution in [-0.2, 0) is 42.4 Å². The molecule has 2 unspecified atom stereocenters. The summed E-state index contributed by atoms with van der Waals surface area (Å²) < 4.78 is 42.4. The second-order valence-corrected chi connectivity index (χ2v) is 13.7. The Morgan fingerprint density at radius 2 is 1.66 bits per heavy atom. The van der Waals surface area contributed by atoms with Gasteiger partial charge < -0.3 is 34.0 Å². The number of ether oxygens (including phenoxy) is 5. The summed E-state index contributed by atoms with van der Waals surface area (Å²) in [4.78, 5) is 38.0. The van der Waals surface area contributed by atoms with Crippen LogP contribution in [0.4, 0.5) is 10.6 Å². The first-order chi connectivity index (χ1) is 22.5. The zero-order valence-corrected chi connectivity index (χ0v) is 28.1. The topological polar surface area (TPSA) is 179 Å². The lowest BCUT2D eigenvalue weighted by Crippen LogP contribution is -2.35. The number of benzene rings is 2. The highest BCUT2D eigenvalue weighted by Gasteiger charge is 2.29. The molecule has 252 valence electrons. The predicted octanol–water partition coefficient (Wildman–Crippen LogP) is 4.93. The molecule has 0 radical (unpaired) electrons. The van der Waals surface area contributed by atoms with Gasteiger partial charge in [0.15, 0.2) is 24.3 Å². The van der Waals surface area contributed by atoms with Gasteiger partial charge in [0, 0.05) is 19.4 Å². The van der Waals surface area contributed by atoms with Crippen molar-refractivity contribution in [2.45, 2.75) is 58.7 Å². The second-order valence-electron chi connectivity index (χ2n) is 11.0. The highest BCUT2D eigenvalue weighted by Crippen LogP contribution is 2.49. The van der Waals surface area contributed by atoms with Gasteiger partial charge in [0.2, 0.25) is 0 Å². The Labute approximate surface area is 273 Å². The molecule has 0 bridgehead atoms. The van der Waals surface area contributed by atoms with Crippen LogP contribution in [0.25, 0.3) is 11.2 Å². The first kappa shape index (κ1) is 35.3. The lowest BCUT2D eigenvalue weighted by atomic mass is 10.1. The fraction of sp³-hybridized carbons (Fsp3) is 0.406. The Balaban J connectivity index is 1.67. The van der Waals surface area contributed by atoms with E-state index in [9.17, 15) is 14.2 Å². The third-order valence-electron chi connectivity index (χ3n) is 6.71. The van der Waals surface area contributed by atoms with Crippen molar-refractivity contribution in [3.63, 3.8) is 0 Å². The number of esters is 1. The number of hydrogen-bond donors (Lipinski definition) is 2. The van der Waals surface area contributed by atoms with Gasteiger partial charge in [-0.1, -0.05) is 54.6 Å². The molecule has 2 atom stereocenters. The lowest BCUT2D eigenvalue weighted by molar-refractivity contribution is -0.148. The van der Waals surface area contributed by atoms with Gasteiger partial charge in [-0.3, -0.25) is 14.4 Å². The van der Waals surface area contributed by atoms with Crippen molar-refractivity contribution >= 4 is 36.4 Å². The molecule has 2 heterocycles. The van der Waals surface area contributed by atoms with E-state index in [-0.39, 0.29) is 67.2 Å². The molecule has 4 rings (SSSR count). The number of nitrogens with one attached hydrogen (secondary N) is 1. The van der Waals surface area contributed by atoms with Crippen LogP contribution in [0.3, 0.4) is 0 Å². The summed E-state index contributed by atoms with van der Waals surface area (Å²) in [6.07, 6.45) is -0.872. The van der Waals surface area contributed by atoms with Gasteiger partial charge in [-0.2, -0.15) is 15.0 Å². The summed E-state index contributed by atoms with van der Waals surface area (Å²) in [6.45, 7) is 7.58. The van der Waals surface area contributed by atoms with E-state index in [2.05, 4.69) is 20.0 Å². The van der Waals surface area contributed by atoms with Crippen LogP contribution in [0.1, 0.15) is 44.4 Å². The third-order valence-corrected chi connectivity index (χ3v) is 9.32. The molecule has 4 aromatic rings. The molecular weight excluding hydrogens is 627 g/mol. The number of anilines is 1. The minimum absolute atomic E-state index is 0.00248. The minimum atomic E-state index is -3.23.